The molecule has 0 bridgehead atoms. The molecule has 0 saturated heterocycles. The highest BCUT2D eigenvalue weighted by atomic mass is 15.1. The first-order valence-electron chi connectivity index (χ1n) is 6.13. The highest BCUT2D eigenvalue weighted by Gasteiger charge is 2.09. The van der Waals surface area contributed by atoms with Crippen LogP contribution < -0.4 is 16.0 Å². The molecule has 1 aromatic heterocycles. The van der Waals surface area contributed by atoms with Crippen molar-refractivity contribution in [2.24, 2.45) is 0 Å². The summed E-state index contributed by atoms with van der Waals surface area (Å²) in [6.07, 6.45) is 0. The van der Waals surface area contributed by atoms with Gasteiger partial charge < -0.3 is 16.0 Å². The highest BCUT2D eigenvalue weighted by molar-refractivity contribution is 5.75. The van der Waals surface area contributed by atoms with Crippen LogP contribution >= 0.6 is 0 Å². The van der Waals surface area contributed by atoms with Crippen LogP contribution in [0.4, 0.5) is 23.0 Å². The van der Waals surface area contributed by atoms with Crippen LogP contribution in [0.2, 0.25) is 0 Å². The zero-order chi connectivity index (χ0) is 14.0. The van der Waals surface area contributed by atoms with Gasteiger partial charge in [-0.2, -0.15) is 0 Å². The molecule has 1 heterocycles. The summed E-state index contributed by atoms with van der Waals surface area (Å²) in [5, 5.41) is 3.33. The second kappa shape index (κ2) is 5.14. The molecule has 2 rings (SSSR count). The van der Waals surface area contributed by atoms with E-state index in [1.54, 1.807) is 0 Å². The Morgan fingerprint density at radius 3 is 2.47 bits per heavy atom. The lowest BCUT2D eigenvalue weighted by molar-refractivity contribution is 1.04. The molecular weight excluding hydrogens is 238 g/mol. The van der Waals surface area contributed by atoms with Gasteiger partial charge in [-0.3, -0.25) is 0 Å². The molecule has 0 atom stereocenters. The first-order valence-corrected chi connectivity index (χ1v) is 6.13. The Balaban J connectivity index is 2.42. The summed E-state index contributed by atoms with van der Waals surface area (Å²) >= 11 is 0. The Labute approximate surface area is 113 Å². The monoisotopic (exact) mass is 257 g/mol. The van der Waals surface area contributed by atoms with Crippen molar-refractivity contribution in [1.82, 2.24) is 9.97 Å². The fourth-order valence-corrected chi connectivity index (χ4v) is 1.87. The molecule has 0 amide bonds. The summed E-state index contributed by atoms with van der Waals surface area (Å²) in [6.45, 7) is 3.74. The summed E-state index contributed by atoms with van der Waals surface area (Å²) in [5.41, 5.74) is 8.82. The Morgan fingerprint density at radius 2 is 1.79 bits per heavy atom. The molecule has 0 aliphatic rings. The van der Waals surface area contributed by atoms with E-state index in [1.807, 2.05) is 46.1 Å². The standard InChI is InChI=1S/C14H19N5/c1-9-13(15)16-10(2)17-14(9)18-11-7-5-6-8-12(11)19(3)4/h5-8H,1-4H3,(H3,15,16,17,18). The predicted molar refractivity (Wildman–Crippen MR) is 80.0 cm³/mol. The number of para-hydroxylation sites is 2. The average molecular weight is 257 g/mol. The van der Waals surface area contributed by atoms with Crippen molar-refractivity contribution in [2.75, 3.05) is 30.0 Å². The predicted octanol–water partition coefficient (Wildman–Crippen LogP) is 2.49. The van der Waals surface area contributed by atoms with Crippen molar-refractivity contribution in [3.8, 4) is 0 Å². The van der Waals surface area contributed by atoms with Crippen molar-refractivity contribution in [1.29, 1.82) is 0 Å². The molecule has 1 aromatic carbocycles. The second-order valence-electron chi connectivity index (χ2n) is 4.67. The molecule has 0 radical (unpaired) electrons. The minimum Gasteiger partial charge on any atom is -0.383 e. The lowest BCUT2D eigenvalue weighted by Crippen LogP contribution is -2.12. The van der Waals surface area contributed by atoms with E-state index in [-0.39, 0.29) is 0 Å². The van der Waals surface area contributed by atoms with Crippen molar-refractivity contribution in [3.05, 3.63) is 35.7 Å². The summed E-state index contributed by atoms with van der Waals surface area (Å²) in [7, 11) is 4.01. The van der Waals surface area contributed by atoms with Crippen LogP contribution in [0.25, 0.3) is 0 Å². The van der Waals surface area contributed by atoms with Gasteiger partial charge in [-0.05, 0) is 26.0 Å². The van der Waals surface area contributed by atoms with E-state index in [0.29, 0.717) is 11.6 Å². The Morgan fingerprint density at radius 1 is 1.11 bits per heavy atom. The van der Waals surface area contributed by atoms with E-state index in [4.69, 9.17) is 5.73 Å². The van der Waals surface area contributed by atoms with Crippen molar-refractivity contribution >= 4 is 23.0 Å². The van der Waals surface area contributed by atoms with Crippen molar-refractivity contribution in [2.45, 2.75) is 13.8 Å². The molecular formula is C14H19N5. The van der Waals surface area contributed by atoms with E-state index in [0.717, 1.165) is 22.8 Å². The molecule has 3 N–H and O–H groups in total. The highest BCUT2D eigenvalue weighted by Crippen LogP contribution is 2.28. The zero-order valence-electron chi connectivity index (χ0n) is 11.7. The number of aromatic nitrogens is 2. The molecule has 5 heteroatoms. The van der Waals surface area contributed by atoms with Gasteiger partial charge in [-0.15, -0.1) is 0 Å². The molecule has 0 aliphatic heterocycles. The van der Waals surface area contributed by atoms with Gasteiger partial charge in [0.25, 0.3) is 0 Å². The number of nitrogens with zero attached hydrogens (tertiary/aromatic N) is 3. The Hall–Kier alpha value is -2.30. The van der Waals surface area contributed by atoms with E-state index in [1.165, 1.54) is 0 Å². The summed E-state index contributed by atoms with van der Waals surface area (Å²) in [5.74, 6) is 1.92. The first-order chi connectivity index (χ1) is 8.99. The number of nitrogens with one attached hydrogen (secondary N) is 1. The van der Waals surface area contributed by atoms with Crippen molar-refractivity contribution < 1.29 is 0 Å². The number of hydrogen-bond acceptors (Lipinski definition) is 5. The number of benzene rings is 1. The van der Waals surface area contributed by atoms with Gasteiger partial charge in [-0.1, -0.05) is 12.1 Å². The molecule has 0 spiro atoms. The largest absolute Gasteiger partial charge is 0.383 e. The molecule has 0 aliphatic carbocycles. The first kappa shape index (κ1) is 13.1. The van der Waals surface area contributed by atoms with Gasteiger partial charge in [0.2, 0.25) is 0 Å². The maximum absolute atomic E-state index is 5.87. The van der Waals surface area contributed by atoms with Crippen LogP contribution in [0.5, 0.6) is 0 Å². The summed E-state index contributed by atoms with van der Waals surface area (Å²) in [6, 6.07) is 8.06. The maximum atomic E-state index is 5.87. The normalized spacial score (nSPS) is 10.3. The van der Waals surface area contributed by atoms with E-state index in [2.05, 4.69) is 26.3 Å². The molecule has 19 heavy (non-hydrogen) atoms. The molecule has 5 nitrogen and oxygen atoms in total. The van der Waals surface area contributed by atoms with E-state index >= 15 is 0 Å². The summed E-state index contributed by atoms with van der Waals surface area (Å²) < 4.78 is 0. The number of rotatable bonds is 3. The number of hydrogen-bond donors (Lipinski definition) is 2. The van der Waals surface area contributed by atoms with Gasteiger partial charge in [0, 0.05) is 19.7 Å². The quantitative estimate of drug-likeness (QED) is 0.884. The van der Waals surface area contributed by atoms with Gasteiger partial charge in [-0.25, -0.2) is 9.97 Å². The number of anilines is 4. The maximum Gasteiger partial charge on any atom is 0.139 e. The van der Waals surface area contributed by atoms with Gasteiger partial charge in [0.1, 0.15) is 17.5 Å². The fraction of sp³-hybridized carbons (Fsp3) is 0.286. The van der Waals surface area contributed by atoms with Gasteiger partial charge >= 0.3 is 0 Å². The Bertz CT molecular complexity index is 592. The molecule has 2 aromatic rings. The van der Waals surface area contributed by atoms with Gasteiger partial charge in [0.05, 0.1) is 11.4 Å². The van der Waals surface area contributed by atoms with Crippen LogP contribution in [-0.2, 0) is 0 Å². The third-order valence-corrected chi connectivity index (χ3v) is 2.93. The van der Waals surface area contributed by atoms with Crippen molar-refractivity contribution in [3.63, 3.8) is 0 Å². The fourth-order valence-electron chi connectivity index (χ4n) is 1.87. The molecule has 0 saturated carbocycles. The molecule has 0 unspecified atom stereocenters. The molecule has 0 fully saturated rings. The minimum atomic E-state index is 0.511. The number of aryl methyl sites for hydroxylation is 1. The number of nitrogens with two attached hydrogens (primary N) is 1. The van der Waals surface area contributed by atoms with Crippen LogP contribution in [-0.4, -0.2) is 24.1 Å². The van der Waals surface area contributed by atoms with Crippen LogP contribution in [0.1, 0.15) is 11.4 Å². The SMILES string of the molecule is Cc1nc(N)c(C)c(Nc2ccccc2N(C)C)n1. The van der Waals surface area contributed by atoms with E-state index < -0.39 is 0 Å². The van der Waals surface area contributed by atoms with Crippen LogP contribution in [0.15, 0.2) is 24.3 Å². The lowest BCUT2D eigenvalue weighted by atomic mass is 10.2. The lowest BCUT2D eigenvalue weighted by Gasteiger charge is -2.19. The summed E-state index contributed by atoms with van der Waals surface area (Å²) in [4.78, 5) is 10.6. The van der Waals surface area contributed by atoms with Gasteiger partial charge in [0.15, 0.2) is 0 Å². The van der Waals surface area contributed by atoms with Crippen LogP contribution in [0.3, 0.4) is 0 Å². The average Bonchev–Trinajstić information content (AvgIpc) is 2.35. The smallest absolute Gasteiger partial charge is 0.139 e. The topological polar surface area (TPSA) is 67.1 Å². The second-order valence-corrected chi connectivity index (χ2v) is 4.67. The van der Waals surface area contributed by atoms with E-state index in [9.17, 15) is 0 Å². The Kier molecular flexibility index (Phi) is 3.55. The zero-order valence-corrected chi connectivity index (χ0v) is 11.7. The third kappa shape index (κ3) is 2.76. The molecule has 100 valence electrons. The third-order valence-electron chi connectivity index (χ3n) is 2.93. The number of nitrogen functional groups attached to an aromatic ring is 1. The minimum absolute atomic E-state index is 0.511. The van der Waals surface area contributed by atoms with Crippen LogP contribution in [0, 0.1) is 13.8 Å².